The number of aryl methyl sites for hydroxylation is 2. The highest BCUT2D eigenvalue weighted by atomic mass is 32.1. The first-order valence-corrected chi connectivity index (χ1v) is 11.6. The van der Waals surface area contributed by atoms with Crippen molar-refractivity contribution in [3.63, 3.8) is 0 Å². The summed E-state index contributed by atoms with van der Waals surface area (Å²) in [6, 6.07) is 9.73. The number of thiophene rings is 1. The normalized spacial score (nSPS) is 13.0. The molecule has 0 fully saturated rings. The van der Waals surface area contributed by atoms with Gasteiger partial charge in [-0.05, 0) is 63.6 Å². The zero-order valence-corrected chi connectivity index (χ0v) is 19.0. The lowest BCUT2D eigenvalue weighted by molar-refractivity contribution is 0.0505. The molecular formula is C24H27N3O3S. The number of esters is 1. The van der Waals surface area contributed by atoms with Gasteiger partial charge in [0.25, 0.3) is 5.91 Å². The quantitative estimate of drug-likeness (QED) is 0.535. The Balaban J connectivity index is 1.67. The summed E-state index contributed by atoms with van der Waals surface area (Å²) in [5.74, 6) is -0.592. The molecule has 3 aromatic rings. The Kier molecular flexibility index (Phi) is 6.23. The molecule has 0 unspecified atom stereocenters. The molecule has 7 heteroatoms. The van der Waals surface area contributed by atoms with Gasteiger partial charge in [-0.3, -0.25) is 4.79 Å². The maximum atomic E-state index is 13.3. The summed E-state index contributed by atoms with van der Waals surface area (Å²) in [6.07, 6.45) is 4.70. The SMILES string of the molecule is CCCOC(=O)c1c(NC(=O)c2c(C)nn(-c3ccccc3)c2C)sc2c1CCCC2. The number of para-hydroxylation sites is 1. The molecule has 0 aliphatic heterocycles. The first-order chi connectivity index (χ1) is 15.0. The second-order valence-electron chi connectivity index (χ2n) is 7.80. The van der Waals surface area contributed by atoms with Gasteiger partial charge < -0.3 is 10.1 Å². The number of hydrogen-bond acceptors (Lipinski definition) is 5. The number of carbonyl (C=O) groups excluding carboxylic acids is 2. The molecule has 162 valence electrons. The largest absolute Gasteiger partial charge is 0.462 e. The first kappa shape index (κ1) is 21.3. The van der Waals surface area contributed by atoms with Crippen LogP contribution in [-0.4, -0.2) is 28.3 Å². The number of anilines is 1. The van der Waals surface area contributed by atoms with Crippen LogP contribution in [0.3, 0.4) is 0 Å². The predicted octanol–water partition coefficient (Wildman–Crippen LogP) is 5.25. The number of carbonyl (C=O) groups is 2. The van der Waals surface area contributed by atoms with E-state index in [4.69, 9.17) is 4.74 Å². The van der Waals surface area contributed by atoms with E-state index < -0.39 is 0 Å². The van der Waals surface area contributed by atoms with E-state index in [0.717, 1.165) is 49.0 Å². The summed E-state index contributed by atoms with van der Waals surface area (Å²) in [7, 11) is 0. The third kappa shape index (κ3) is 4.14. The summed E-state index contributed by atoms with van der Waals surface area (Å²) < 4.78 is 7.22. The van der Waals surface area contributed by atoms with E-state index in [9.17, 15) is 9.59 Å². The van der Waals surface area contributed by atoms with Gasteiger partial charge in [-0.25, -0.2) is 9.48 Å². The van der Waals surface area contributed by atoms with Crippen LogP contribution in [0.25, 0.3) is 5.69 Å². The van der Waals surface area contributed by atoms with Gasteiger partial charge in [-0.15, -0.1) is 11.3 Å². The molecule has 1 aromatic carbocycles. The molecule has 6 nitrogen and oxygen atoms in total. The van der Waals surface area contributed by atoms with E-state index in [1.807, 2.05) is 51.1 Å². The number of rotatable bonds is 6. The zero-order valence-electron chi connectivity index (χ0n) is 18.2. The summed E-state index contributed by atoms with van der Waals surface area (Å²) in [5, 5.41) is 8.17. The van der Waals surface area contributed by atoms with Crippen molar-refractivity contribution in [3.8, 4) is 5.69 Å². The Hall–Kier alpha value is -2.93. The second kappa shape index (κ2) is 9.06. The topological polar surface area (TPSA) is 73.2 Å². The average Bonchev–Trinajstić information content (AvgIpc) is 3.28. The van der Waals surface area contributed by atoms with E-state index in [2.05, 4.69) is 10.4 Å². The van der Waals surface area contributed by atoms with Crippen LogP contribution in [0.4, 0.5) is 5.00 Å². The van der Waals surface area contributed by atoms with Crippen LogP contribution in [0.1, 0.15) is 68.7 Å². The van der Waals surface area contributed by atoms with Gasteiger partial charge in [-0.2, -0.15) is 5.10 Å². The van der Waals surface area contributed by atoms with Crippen molar-refractivity contribution in [2.75, 3.05) is 11.9 Å². The van der Waals surface area contributed by atoms with Crippen LogP contribution in [0.2, 0.25) is 0 Å². The van der Waals surface area contributed by atoms with E-state index in [1.165, 1.54) is 16.2 Å². The highest BCUT2D eigenvalue weighted by Gasteiger charge is 2.29. The lowest BCUT2D eigenvalue weighted by atomic mass is 9.95. The molecular weight excluding hydrogens is 410 g/mol. The average molecular weight is 438 g/mol. The summed E-state index contributed by atoms with van der Waals surface area (Å²) in [6.45, 7) is 6.06. The van der Waals surface area contributed by atoms with Crippen molar-refractivity contribution in [2.45, 2.75) is 52.9 Å². The monoisotopic (exact) mass is 437 g/mol. The van der Waals surface area contributed by atoms with Crippen LogP contribution in [0, 0.1) is 13.8 Å². The number of hydrogen-bond donors (Lipinski definition) is 1. The first-order valence-electron chi connectivity index (χ1n) is 10.8. The minimum absolute atomic E-state index is 0.250. The Bertz CT molecular complexity index is 1120. The van der Waals surface area contributed by atoms with E-state index in [0.29, 0.717) is 28.4 Å². The molecule has 1 amide bonds. The van der Waals surface area contributed by atoms with Gasteiger partial charge in [0.15, 0.2) is 0 Å². The molecule has 2 aromatic heterocycles. The van der Waals surface area contributed by atoms with Crippen LogP contribution in [0.5, 0.6) is 0 Å². The predicted molar refractivity (Wildman–Crippen MR) is 123 cm³/mol. The van der Waals surface area contributed by atoms with Crippen LogP contribution < -0.4 is 5.32 Å². The molecule has 0 saturated heterocycles. The van der Waals surface area contributed by atoms with Crippen LogP contribution >= 0.6 is 11.3 Å². The molecule has 0 bridgehead atoms. The minimum Gasteiger partial charge on any atom is -0.462 e. The second-order valence-corrected chi connectivity index (χ2v) is 8.90. The van der Waals surface area contributed by atoms with Crippen molar-refractivity contribution < 1.29 is 14.3 Å². The number of ether oxygens (including phenoxy) is 1. The standard InChI is InChI=1S/C24H27N3O3S/c1-4-14-30-24(29)21-18-12-8-9-13-19(18)31-23(21)25-22(28)20-15(2)26-27(16(20)3)17-10-6-5-7-11-17/h5-7,10-11H,4,8-9,12-14H2,1-3H3,(H,25,28). The number of benzene rings is 1. The van der Waals surface area contributed by atoms with Gasteiger partial charge in [0.05, 0.1) is 34.8 Å². The van der Waals surface area contributed by atoms with Crippen LogP contribution in [-0.2, 0) is 17.6 Å². The van der Waals surface area contributed by atoms with Gasteiger partial charge >= 0.3 is 5.97 Å². The molecule has 0 saturated carbocycles. The third-order valence-electron chi connectivity index (χ3n) is 5.56. The van der Waals surface area contributed by atoms with Crippen molar-refractivity contribution >= 4 is 28.2 Å². The fourth-order valence-corrected chi connectivity index (χ4v) is 5.37. The number of aromatic nitrogens is 2. The fraction of sp³-hybridized carbons (Fsp3) is 0.375. The van der Waals surface area contributed by atoms with Gasteiger partial charge in [0, 0.05) is 4.88 Å². The van der Waals surface area contributed by atoms with Crippen molar-refractivity contribution in [2.24, 2.45) is 0 Å². The maximum Gasteiger partial charge on any atom is 0.341 e. The Labute approximate surface area is 186 Å². The van der Waals surface area contributed by atoms with Gasteiger partial charge in [0.1, 0.15) is 5.00 Å². The lowest BCUT2D eigenvalue weighted by Gasteiger charge is -2.12. The molecule has 1 aliphatic rings. The number of fused-ring (bicyclic) bond motifs is 1. The van der Waals surface area contributed by atoms with Crippen molar-refractivity contribution in [1.29, 1.82) is 0 Å². The van der Waals surface area contributed by atoms with E-state index in [-0.39, 0.29) is 11.9 Å². The number of nitrogens with one attached hydrogen (secondary N) is 1. The summed E-state index contributed by atoms with van der Waals surface area (Å²) in [4.78, 5) is 27.3. The smallest absolute Gasteiger partial charge is 0.341 e. The number of nitrogens with zero attached hydrogens (tertiary/aromatic N) is 2. The lowest BCUT2D eigenvalue weighted by Crippen LogP contribution is -2.17. The fourth-order valence-electron chi connectivity index (χ4n) is 4.09. The maximum absolute atomic E-state index is 13.3. The molecule has 0 spiro atoms. The van der Waals surface area contributed by atoms with E-state index in [1.54, 1.807) is 4.68 Å². The molecule has 0 radical (unpaired) electrons. The highest BCUT2D eigenvalue weighted by Crippen LogP contribution is 2.39. The Morgan fingerprint density at radius 3 is 2.61 bits per heavy atom. The molecule has 0 atom stereocenters. The van der Waals surface area contributed by atoms with Crippen molar-refractivity contribution in [1.82, 2.24) is 9.78 Å². The third-order valence-corrected chi connectivity index (χ3v) is 6.77. The molecule has 2 heterocycles. The summed E-state index contributed by atoms with van der Waals surface area (Å²) in [5.41, 5.74) is 4.42. The Morgan fingerprint density at radius 2 is 1.87 bits per heavy atom. The molecule has 31 heavy (non-hydrogen) atoms. The van der Waals surface area contributed by atoms with Crippen LogP contribution in [0.15, 0.2) is 30.3 Å². The van der Waals surface area contributed by atoms with E-state index >= 15 is 0 Å². The molecule has 1 N–H and O–H groups in total. The Morgan fingerprint density at radius 1 is 1.13 bits per heavy atom. The minimum atomic E-state index is -0.343. The van der Waals surface area contributed by atoms with Gasteiger partial charge in [0.2, 0.25) is 0 Å². The number of amides is 1. The molecule has 1 aliphatic carbocycles. The highest BCUT2D eigenvalue weighted by molar-refractivity contribution is 7.17. The molecule has 4 rings (SSSR count). The zero-order chi connectivity index (χ0) is 22.0. The van der Waals surface area contributed by atoms with Gasteiger partial charge in [-0.1, -0.05) is 25.1 Å². The summed E-state index contributed by atoms with van der Waals surface area (Å²) >= 11 is 1.50. The van der Waals surface area contributed by atoms with Crippen molar-refractivity contribution in [3.05, 3.63) is 63.3 Å².